The Kier molecular flexibility index (Phi) is 3.68. The fraction of sp³-hybridized carbons (Fsp3) is 0.929. The number of ketones is 1. The van der Waals surface area contributed by atoms with Gasteiger partial charge in [-0.25, -0.2) is 0 Å². The van der Waals surface area contributed by atoms with Crippen LogP contribution in [0.2, 0.25) is 0 Å². The summed E-state index contributed by atoms with van der Waals surface area (Å²) in [7, 11) is 0. The molecule has 4 nitrogen and oxygen atoms in total. The zero-order valence-corrected chi connectivity index (χ0v) is 11.1. The average molecular weight is 252 g/mol. The Balaban J connectivity index is 0.000000111. The standard InChI is InChI=1S/C7H13NO.C7H11NO/c2*9-7-5-8-3-1-6(7)2-4-8/h6-7,9H,1-5H2;6H,1-5H2. The van der Waals surface area contributed by atoms with E-state index in [0.29, 0.717) is 17.6 Å². The predicted octanol–water partition coefficient (Wildman–Crippen LogP) is 0.354. The first-order valence-corrected chi connectivity index (χ1v) is 7.38. The van der Waals surface area contributed by atoms with Gasteiger partial charge >= 0.3 is 0 Å². The van der Waals surface area contributed by atoms with Crippen molar-refractivity contribution in [2.24, 2.45) is 11.8 Å². The van der Waals surface area contributed by atoms with E-state index in [1.807, 2.05) is 0 Å². The van der Waals surface area contributed by atoms with Crippen LogP contribution in [-0.2, 0) is 4.79 Å². The van der Waals surface area contributed by atoms with Gasteiger partial charge in [-0.3, -0.25) is 9.69 Å². The summed E-state index contributed by atoms with van der Waals surface area (Å²) in [5, 5.41) is 9.36. The number of aliphatic hydroxyl groups excluding tert-OH is 1. The summed E-state index contributed by atoms with van der Waals surface area (Å²) >= 11 is 0. The van der Waals surface area contributed by atoms with Crippen LogP contribution in [0.1, 0.15) is 25.7 Å². The lowest BCUT2D eigenvalue weighted by molar-refractivity contribution is -0.130. The molecule has 1 N–H and O–H groups in total. The van der Waals surface area contributed by atoms with Crippen LogP contribution >= 0.6 is 0 Å². The molecule has 6 heterocycles. The molecule has 6 fully saturated rings. The van der Waals surface area contributed by atoms with E-state index >= 15 is 0 Å². The number of carbonyl (C=O) groups excluding carboxylic acids is 1. The molecule has 1 atom stereocenters. The van der Waals surface area contributed by atoms with Crippen LogP contribution in [0, 0.1) is 11.8 Å². The number of Topliss-reactive ketones (excluding diaryl/α,β-unsaturated/α-hetero) is 1. The second kappa shape index (κ2) is 5.27. The van der Waals surface area contributed by atoms with E-state index in [2.05, 4.69) is 9.80 Å². The first kappa shape index (κ1) is 12.6. The molecule has 0 radical (unpaired) electrons. The van der Waals surface area contributed by atoms with Crippen molar-refractivity contribution in [3.8, 4) is 0 Å². The smallest absolute Gasteiger partial charge is 0.149 e. The Labute approximate surface area is 109 Å². The molecule has 6 rings (SSSR count). The van der Waals surface area contributed by atoms with Crippen LogP contribution in [0.15, 0.2) is 0 Å². The zero-order valence-electron chi connectivity index (χ0n) is 11.1. The van der Waals surface area contributed by atoms with Gasteiger partial charge in [0, 0.05) is 12.5 Å². The summed E-state index contributed by atoms with van der Waals surface area (Å²) < 4.78 is 0. The lowest BCUT2D eigenvalue weighted by Crippen LogP contribution is -2.50. The van der Waals surface area contributed by atoms with E-state index in [9.17, 15) is 9.90 Å². The summed E-state index contributed by atoms with van der Waals surface area (Å²) in [5.74, 6) is 1.55. The van der Waals surface area contributed by atoms with Gasteiger partial charge in [-0.2, -0.15) is 0 Å². The topological polar surface area (TPSA) is 43.8 Å². The van der Waals surface area contributed by atoms with E-state index in [1.165, 1.54) is 25.9 Å². The SMILES string of the molecule is O=C1CN2CCC1CC2.OC1CN2CCC1CC2. The molecule has 18 heavy (non-hydrogen) atoms. The van der Waals surface area contributed by atoms with Gasteiger partial charge in [-0.1, -0.05) is 0 Å². The molecule has 0 aromatic rings. The summed E-state index contributed by atoms with van der Waals surface area (Å²) in [6, 6.07) is 0. The molecular formula is C14H24N2O2. The van der Waals surface area contributed by atoms with E-state index in [1.54, 1.807) is 0 Å². The molecule has 6 aliphatic rings. The van der Waals surface area contributed by atoms with Gasteiger partial charge in [0.15, 0.2) is 0 Å². The molecule has 1 unspecified atom stereocenters. The number of fused-ring (bicyclic) bond motifs is 6. The second-order valence-electron chi connectivity index (χ2n) is 6.22. The van der Waals surface area contributed by atoms with Crippen molar-refractivity contribution in [3.63, 3.8) is 0 Å². The number of rotatable bonds is 0. The highest BCUT2D eigenvalue weighted by Crippen LogP contribution is 2.27. The van der Waals surface area contributed by atoms with Crippen molar-refractivity contribution < 1.29 is 9.90 Å². The molecule has 0 saturated carbocycles. The van der Waals surface area contributed by atoms with Gasteiger partial charge in [-0.15, -0.1) is 0 Å². The number of nitrogens with zero attached hydrogens (tertiary/aromatic N) is 2. The third-order valence-electron chi connectivity index (χ3n) is 5.04. The van der Waals surface area contributed by atoms with Crippen LogP contribution in [0.25, 0.3) is 0 Å². The molecule has 4 bridgehead atoms. The fourth-order valence-corrected chi connectivity index (χ4v) is 3.70. The Bertz CT molecular complexity index is 305. The van der Waals surface area contributed by atoms with Crippen LogP contribution < -0.4 is 0 Å². The van der Waals surface area contributed by atoms with Crippen molar-refractivity contribution in [3.05, 3.63) is 0 Å². The molecule has 102 valence electrons. The van der Waals surface area contributed by atoms with E-state index in [4.69, 9.17) is 0 Å². The second-order valence-corrected chi connectivity index (χ2v) is 6.22. The quantitative estimate of drug-likeness (QED) is 0.676. The van der Waals surface area contributed by atoms with Gasteiger partial charge in [-0.05, 0) is 57.8 Å². The van der Waals surface area contributed by atoms with Gasteiger partial charge in [0.25, 0.3) is 0 Å². The Morgan fingerprint density at radius 1 is 0.944 bits per heavy atom. The highest BCUT2D eigenvalue weighted by Gasteiger charge is 2.32. The molecule has 0 aromatic carbocycles. The summed E-state index contributed by atoms with van der Waals surface area (Å²) in [5.41, 5.74) is 0. The number of hydrogen-bond donors (Lipinski definition) is 1. The predicted molar refractivity (Wildman–Crippen MR) is 69.3 cm³/mol. The van der Waals surface area contributed by atoms with Gasteiger partial charge < -0.3 is 10.0 Å². The lowest BCUT2D eigenvalue weighted by atomic mass is 9.86. The summed E-state index contributed by atoms with van der Waals surface area (Å²) in [4.78, 5) is 15.6. The average Bonchev–Trinajstić information content (AvgIpc) is 2.41. The van der Waals surface area contributed by atoms with E-state index < -0.39 is 0 Å². The first-order valence-electron chi connectivity index (χ1n) is 7.38. The van der Waals surface area contributed by atoms with Crippen LogP contribution in [0.4, 0.5) is 0 Å². The molecule has 6 aliphatic heterocycles. The highest BCUT2D eigenvalue weighted by molar-refractivity contribution is 5.84. The minimum absolute atomic E-state index is 0.00694. The van der Waals surface area contributed by atoms with Crippen molar-refractivity contribution >= 4 is 5.78 Å². The third-order valence-corrected chi connectivity index (χ3v) is 5.04. The Morgan fingerprint density at radius 3 is 1.78 bits per heavy atom. The van der Waals surface area contributed by atoms with Gasteiger partial charge in [0.1, 0.15) is 5.78 Å². The van der Waals surface area contributed by atoms with Crippen LogP contribution in [0.5, 0.6) is 0 Å². The third kappa shape index (κ3) is 2.60. The monoisotopic (exact) mass is 252 g/mol. The molecule has 0 amide bonds. The molecular weight excluding hydrogens is 228 g/mol. The van der Waals surface area contributed by atoms with E-state index in [-0.39, 0.29) is 6.10 Å². The number of carbonyl (C=O) groups is 1. The number of aliphatic hydroxyl groups is 1. The molecule has 0 aromatic heterocycles. The maximum absolute atomic E-state index is 11.0. The summed E-state index contributed by atoms with van der Waals surface area (Å²) in [6.45, 7) is 6.45. The first-order chi connectivity index (χ1) is 8.72. The largest absolute Gasteiger partial charge is 0.392 e. The van der Waals surface area contributed by atoms with Crippen molar-refractivity contribution in [1.29, 1.82) is 0 Å². The Morgan fingerprint density at radius 2 is 1.56 bits per heavy atom. The van der Waals surface area contributed by atoms with Crippen molar-refractivity contribution in [2.75, 3.05) is 39.3 Å². The number of hydrogen-bond acceptors (Lipinski definition) is 4. The minimum atomic E-state index is -0.00694. The maximum atomic E-state index is 11.0. The minimum Gasteiger partial charge on any atom is -0.392 e. The van der Waals surface area contributed by atoms with Gasteiger partial charge in [0.2, 0.25) is 0 Å². The normalized spacial score (nSPS) is 45.6. The number of piperidine rings is 6. The maximum Gasteiger partial charge on any atom is 0.149 e. The molecule has 4 heteroatoms. The zero-order chi connectivity index (χ0) is 12.5. The Hall–Kier alpha value is -0.450. The van der Waals surface area contributed by atoms with Crippen LogP contribution in [-0.4, -0.2) is 66.1 Å². The van der Waals surface area contributed by atoms with Gasteiger partial charge in [0.05, 0.1) is 12.6 Å². The highest BCUT2D eigenvalue weighted by atomic mass is 16.3. The van der Waals surface area contributed by atoms with Crippen LogP contribution in [0.3, 0.4) is 0 Å². The van der Waals surface area contributed by atoms with Crippen molar-refractivity contribution in [1.82, 2.24) is 9.80 Å². The van der Waals surface area contributed by atoms with E-state index in [0.717, 1.165) is 39.0 Å². The van der Waals surface area contributed by atoms with Crippen molar-refractivity contribution in [2.45, 2.75) is 31.8 Å². The molecule has 6 saturated heterocycles. The lowest BCUT2D eigenvalue weighted by Gasteiger charge is -2.42. The molecule has 0 spiro atoms. The summed E-state index contributed by atoms with van der Waals surface area (Å²) in [6.07, 6.45) is 4.69. The fourth-order valence-electron chi connectivity index (χ4n) is 3.70. The molecule has 0 aliphatic carbocycles.